The molecule has 2 heterocycles. The second-order valence-electron chi connectivity index (χ2n) is 6.73. The number of aromatic nitrogens is 3. The van der Waals surface area contributed by atoms with Gasteiger partial charge in [-0.05, 0) is 29.8 Å². The molecule has 1 aliphatic rings. The van der Waals surface area contributed by atoms with Crippen molar-refractivity contribution in [3.63, 3.8) is 0 Å². The minimum absolute atomic E-state index is 0.131. The van der Waals surface area contributed by atoms with E-state index < -0.39 is 5.25 Å². The van der Waals surface area contributed by atoms with Crippen molar-refractivity contribution in [2.24, 2.45) is 0 Å². The minimum Gasteiger partial charge on any atom is -0.497 e. The predicted octanol–water partition coefficient (Wildman–Crippen LogP) is 3.26. The summed E-state index contributed by atoms with van der Waals surface area (Å²) in [5.41, 5.74) is 5.08. The average molecular weight is 426 g/mol. The normalized spacial score (nSPS) is 17.6. The molecule has 1 aromatic heterocycles. The van der Waals surface area contributed by atoms with Crippen LogP contribution in [0.3, 0.4) is 0 Å². The minimum atomic E-state index is -0.453. The molecule has 156 valence electrons. The van der Waals surface area contributed by atoms with Gasteiger partial charge in [0, 0.05) is 18.2 Å². The molecule has 3 aromatic rings. The van der Waals surface area contributed by atoms with Gasteiger partial charge >= 0.3 is 0 Å². The van der Waals surface area contributed by atoms with Gasteiger partial charge in [0.25, 0.3) is 0 Å². The summed E-state index contributed by atoms with van der Waals surface area (Å²) in [6.45, 7) is 2.02. The standard InChI is InChI=1S/C21H23N5O3S/c1-4-17-23-24-21-26(17)25-18(13-8-10-15(28-2)11-9-13)19(30-21)20(27)22-14-6-5-7-16(12-14)29-3/h5-12,18-19,25H,4H2,1-3H3,(H,22,27)/t18-,19+/m0/s1. The first-order chi connectivity index (χ1) is 14.6. The van der Waals surface area contributed by atoms with E-state index in [2.05, 4.69) is 20.9 Å². The lowest BCUT2D eigenvalue weighted by Crippen LogP contribution is -2.41. The lowest BCUT2D eigenvalue weighted by atomic mass is 10.0. The van der Waals surface area contributed by atoms with Crippen LogP contribution in [0, 0.1) is 0 Å². The monoisotopic (exact) mass is 425 g/mol. The third-order valence-electron chi connectivity index (χ3n) is 4.89. The Balaban J connectivity index is 1.65. The van der Waals surface area contributed by atoms with E-state index in [1.807, 2.05) is 54.1 Å². The maximum Gasteiger partial charge on any atom is 0.240 e. The lowest BCUT2D eigenvalue weighted by Gasteiger charge is -2.33. The van der Waals surface area contributed by atoms with Crippen LogP contribution in [0.25, 0.3) is 0 Å². The maximum absolute atomic E-state index is 13.3. The molecule has 2 atom stereocenters. The molecule has 1 aliphatic heterocycles. The van der Waals surface area contributed by atoms with Crippen LogP contribution < -0.4 is 20.2 Å². The zero-order chi connectivity index (χ0) is 21.1. The Morgan fingerprint density at radius 3 is 2.60 bits per heavy atom. The number of anilines is 1. The highest BCUT2D eigenvalue weighted by atomic mass is 32.2. The fourth-order valence-corrected chi connectivity index (χ4v) is 4.40. The molecule has 0 saturated heterocycles. The summed E-state index contributed by atoms with van der Waals surface area (Å²) < 4.78 is 12.4. The number of hydrogen-bond acceptors (Lipinski definition) is 7. The zero-order valence-electron chi connectivity index (χ0n) is 17.0. The van der Waals surface area contributed by atoms with Gasteiger partial charge in [0.2, 0.25) is 11.1 Å². The largest absolute Gasteiger partial charge is 0.497 e. The third kappa shape index (κ3) is 3.93. The Hall–Kier alpha value is -3.20. The molecule has 1 amide bonds. The molecule has 0 saturated carbocycles. The number of hydrogen-bond donors (Lipinski definition) is 2. The predicted molar refractivity (Wildman–Crippen MR) is 116 cm³/mol. The maximum atomic E-state index is 13.3. The van der Waals surface area contributed by atoms with Crippen LogP contribution in [0.15, 0.2) is 53.7 Å². The zero-order valence-corrected chi connectivity index (χ0v) is 17.8. The number of amides is 1. The van der Waals surface area contributed by atoms with E-state index in [1.165, 1.54) is 11.8 Å². The number of thioether (sulfide) groups is 1. The van der Waals surface area contributed by atoms with E-state index in [1.54, 1.807) is 20.3 Å². The molecule has 9 heteroatoms. The molecular weight excluding hydrogens is 402 g/mol. The van der Waals surface area contributed by atoms with Gasteiger partial charge in [-0.1, -0.05) is 36.9 Å². The lowest BCUT2D eigenvalue weighted by molar-refractivity contribution is -0.116. The van der Waals surface area contributed by atoms with E-state index in [0.717, 1.165) is 23.6 Å². The van der Waals surface area contributed by atoms with Gasteiger partial charge in [-0.3, -0.25) is 4.79 Å². The van der Waals surface area contributed by atoms with Crippen molar-refractivity contribution in [3.05, 3.63) is 59.9 Å². The molecule has 30 heavy (non-hydrogen) atoms. The van der Waals surface area contributed by atoms with Gasteiger partial charge < -0.3 is 20.2 Å². The highest BCUT2D eigenvalue weighted by Gasteiger charge is 2.37. The second-order valence-corrected chi connectivity index (χ2v) is 7.84. The van der Waals surface area contributed by atoms with E-state index in [4.69, 9.17) is 9.47 Å². The van der Waals surface area contributed by atoms with Crippen molar-refractivity contribution < 1.29 is 14.3 Å². The fraction of sp³-hybridized carbons (Fsp3) is 0.286. The average Bonchev–Trinajstić information content (AvgIpc) is 3.20. The topological polar surface area (TPSA) is 90.3 Å². The van der Waals surface area contributed by atoms with Crippen LogP contribution in [0.1, 0.15) is 24.4 Å². The van der Waals surface area contributed by atoms with Gasteiger partial charge in [-0.15, -0.1) is 10.2 Å². The van der Waals surface area contributed by atoms with Crippen molar-refractivity contribution in [2.75, 3.05) is 25.0 Å². The molecule has 0 radical (unpaired) electrons. The van der Waals surface area contributed by atoms with Gasteiger partial charge in [0.15, 0.2) is 5.82 Å². The van der Waals surface area contributed by atoms with Crippen molar-refractivity contribution >= 4 is 23.4 Å². The Morgan fingerprint density at radius 1 is 1.13 bits per heavy atom. The smallest absolute Gasteiger partial charge is 0.240 e. The van der Waals surface area contributed by atoms with E-state index in [9.17, 15) is 4.79 Å². The Morgan fingerprint density at radius 2 is 1.90 bits per heavy atom. The van der Waals surface area contributed by atoms with Crippen LogP contribution in [-0.2, 0) is 11.2 Å². The van der Waals surface area contributed by atoms with Crippen molar-refractivity contribution in [2.45, 2.75) is 29.8 Å². The van der Waals surface area contributed by atoms with Gasteiger partial charge in [-0.25, -0.2) is 4.68 Å². The Kier molecular flexibility index (Phi) is 5.80. The van der Waals surface area contributed by atoms with Crippen LogP contribution >= 0.6 is 11.8 Å². The Labute approximate surface area is 179 Å². The number of rotatable bonds is 6. The molecule has 0 spiro atoms. The molecule has 0 bridgehead atoms. The highest BCUT2D eigenvalue weighted by molar-refractivity contribution is 8.00. The molecule has 0 aliphatic carbocycles. The second kappa shape index (κ2) is 8.66. The van der Waals surface area contributed by atoms with E-state index in [0.29, 0.717) is 16.6 Å². The molecular formula is C21H23N5O3S. The number of ether oxygens (including phenoxy) is 2. The fourth-order valence-electron chi connectivity index (χ4n) is 3.30. The molecule has 4 rings (SSSR count). The summed E-state index contributed by atoms with van der Waals surface area (Å²) >= 11 is 1.40. The van der Waals surface area contributed by atoms with Crippen molar-refractivity contribution in [1.29, 1.82) is 0 Å². The highest BCUT2D eigenvalue weighted by Crippen LogP contribution is 2.38. The Bertz CT molecular complexity index is 1040. The van der Waals surface area contributed by atoms with Crippen molar-refractivity contribution in [3.8, 4) is 11.5 Å². The molecule has 2 N–H and O–H groups in total. The first-order valence-corrected chi connectivity index (χ1v) is 10.5. The number of carbonyl (C=O) groups excluding carboxylic acids is 1. The van der Waals surface area contributed by atoms with Crippen LogP contribution in [0.2, 0.25) is 0 Å². The van der Waals surface area contributed by atoms with Gasteiger partial charge in [0.1, 0.15) is 16.7 Å². The van der Waals surface area contributed by atoms with Crippen LogP contribution in [-0.4, -0.2) is 40.3 Å². The number of fused-ring (bicyclic) bond motifs is 1. The van der Waals surface area contributed by atoms with Gasteiger partial charge in [-0.2, -0.15) is 0 Å². The van der Waals surface area contributed by atoms with Crippen LogP contribution in [0.5, 0.6) is 11.5 Å². The van der Waals surface area contributed by atoms with Crippen molar-refractivity contribution in [1.82, 2.24) is 14.9 Å². The summed E-state index contributed by atoms with van der Waals surface area (Å²) in [5.74, 6) is 2.14. The number of carbonyl (C=O) groups is 1. The summed E-state index contributed by atoms with van der Waals surface area (Å²) in [4.78, 5) is 13.3. The number of nitrogens with one attached hydrogen (secondary N) is 2. The summed E-state index contributed by atoms with van der Waals surface area (Å²) in [7, 11) is 3.23. The number of nitrogens with zero attached hydrogens (tertiary/aromatic N) is 3. The SMILES string of the molecule is CCc1nnc2n1N[C@@H](c1ccc(OC)cc1)[C@H](C(=O)Nc1cccc(OC)c1)S2. The van der Waals surface area contributed by atoms with Crippen LogP contribution in [0.4, 0.5) is 5.69 Å². The number of aryl methyl sites for hydroxylation is 1. The third-order valence-corrected chi connectivity index (χ3v) is 6.11. The van der Waals surface area contributed by atoms with Gasteiger partial charge in [0.05, 0.1) is 20.3 Å². The molecule has 0 unspecified atom stereocenters. The molecule has 0 fully saturated rings. The summed E-state index contributed by atoms with van der Waals surface area (Å²) in [5, 5.41) is 11.7. The first kappa shape index (κ1) is 20.1. The summed E-state index contributed by atoms with van der Waals surface area (Å²) in [6, 6.07) is 14.7. The van der Waals surface area contributed by atoms with E-state index >= 15 is 0 Å². The quantitative estimate of drug-likeness (QED) is 0.626. The molecule has 8 nitrogen and oxygen atoms in total. The van der Waals surface area contributed by atoms with E-state index in [-0.39, 0.29) is 11.9 Å². The summed E-state index contributed by atoms with van der Waals surface area (Å²) in [6.07, 6.45) is 0.733. The first-order valence-electron chi connectivity index (χ1n) is 9.59. The number of benzene rings is 2. The number of methoxy groups -OCH3 is 2. The molecule has 2 aromatic carbocycles.